The highest BCUT2D eigenvalue weighted by Crippen LogP contribution is 2.24. The van der Waals surface area contributed by atoms with E-state index in [9.17, 15) is 4.79 Å². The van der Waals surface area contributed by atoms with E-state index in [-0.39, 0.29) is 12.5 Å². The van der Waals surface area contributed by atoms with Crippen molar-refractivity contribution in [3.05, 3.63) is 48.5 Å². The van der Waals surface area contributed by atoms with Crippen molar-refractivity contribution in [2.24, 2.45) is 0 Å². The maximum absolute atomic E-state index is 12.2. The van der Waals surface area contributed by atoms with E-state index in [4.69, 9.17) is 9.47 Å². The molecule has 0 bridgehead atoms. The standard InChI is InChI=1S/C20H26N2O3/c1-3-5-13-25-19-12-7-6-11-18(19)21-15-20(23)22-16-9-8-10-17(14-16)24-4-2/h6-12,14,21H,3-5,13,15H2,1-2H3,(H,22,23). The molecule has 25 heavy (non-hydrogen) atoms. The second-order valence-electron chi connectivity index (χ2n) is 5.56. The monoisotopic (exact) mass is 342 g/mol. The Hall–Kier alpha value is -2.69. The lowest BCUT2D eigenvalue weighted by Gasteiger charge is -2.13. The Labute approximate surface area is 149 Å². The molecule has 5 heteroatoms. The van der Waals surface area contributed by atoms with Crippen LogP contribution in [0.2, 0.25) is 0 Å². The smallest absolute Gasteiger partial charge is 0.243 e. The minimum Gasteiger partial charge on any atom is -0.494 e. The summed E-state index contributed by atoms with van der Waals surface area (Å²) < 4.78 is 11.2. The van der Waals surface area contributed by atoms with Gasteiger partial charge in [0.05, 0.1) is 25.4 Å². The van der Waals surface area contributed by atoms with Gasteiger partial charge >= 0.3 is 0 Å². The average Bonchev–Trinajstić information content (AvgIpc) is 2.62. The van der Waals surface area contributed by atoms with Gasteiger partial charge in [-0.25, -0.2) is 0 Å². The lowest BCUT2D eigenvalue weighted by molar-refractivity contribution is -0.114. The maximum atomic E-state index is 12.2. The number of para-hydroxylation sites is 2. The van der Waals surface area contributed by atoms with Crippen LogP contribution >= 0.6 is 0 Å². The lowest BCUT2D eigenvalue weighted by atomic mass is 10.2. The lowest BCUT2D eigenvalue weighted by Crippen LogP contribution is -2.22. The summed E-state index contributed by atoms with van der Waals surface area (Å²) in [6.07, 6.45) is 2.09. The number of hydrogen-bond acceptors (Lipinski definition) is 4. The summed E-state index contributed by atoms with van der Waals surface area (Å²) in [4.78, 5) is 12.2. The van der Waals surface area contributed by atoms with E-state index in [0.717, 1.165) is 30.0 Å². The van der Waals surface area contributed by atoms with Crippen LogP contribution in [0.15, 0.2) is 48.5 Å². The van der Waals surface area contributed by atoms with E-state index in [2.05, 4.69) is 17.6 Å². The Kier molecular flexibility index (Phi) is 7.63. The Morgan fingerprint density at radius 3 is 2.68 bits per heavy atom. The molecule has 2 aromatic rings. The zero-order chi connectivity index (χ0) is 17.9. The first-order chi connectivity index (χ1) is 12.2. The van der Waals surface area contributed by atoms with Crippen LogP contribution < -0.4 is 20.1 Å². The fraction of sp³-hybridized carbons (Fsp3) is 0.350. The first-order valence-corrected chi connectivity index (χ1v) is 8.71. The molecule has 2 aromatic carbocycles. The van der Waals surface area contributed by atoms with Crippen molar-refractivity contribution in [3.8, 4) is 11.5 Å². The molecule has 0 unspecified atom stereocenters. The molecule has 0 aliphatic heterocycles. The predicted octanol–water partition coefficient (Wildman–Crippen LogP) is 4.31. The summed E-state index contributed by atoms with van der Waals surface area (Å²) in [5, 5.41) is 5.99. The topological polar surface area (TPSA) is 59.6 Å². The van der Waals surface area contributed by atoms with Gasteiger partial charge in [-0.15, -0.1) is 0 Å². The van der Waals surface area contributed by atoms with Gasteiger partial charge < -0.3 is 20.1 Å². The molecule has 0 fully saturated rings. The van der Waals surface area contributed by atoms with Gasteiger partial charge in [-0.05, 0) is 37.6 Å². The van der Waals surface area contributed by atoms with E-state index < -0.39 is 0 Å². The molecule has 2 rings (SSSR count). The van der Waals surface area contributed by atoms with Crippen LogP contribution in [0.5, 0.6) is 11.5 Å². The van der Waals surface area contributed by atoms with Gasteiger partial charge in [0.25, 0.3) is 0 Å². The summed E-state index contributed by atoms with van der Waals surface area (Å²) in [6, 6.07) is 15.0. The molecule has 0 saturated heterocycles. The molecule has 134 valence electrons. The molecule has 5 nitrogen and oxygen atoms in total. The van der Waals surface area contributed by atoms with E-state index in [1.807, 2.05) is 55.5 Å². The highest BCUT2D eigenvalue weighted by Gasteiger charge is 2.07. The number of carbonyl (C=O) groups excluding carboxylic acids is 1. The summed E-state index contributed by atoms with van der Waals surface area (Å²) in [7, 11) is 0. The van der Waals surface area contributed by atoms with Crippen molar-refractivity contribution in [2.75, 3.05) is 30.4 Å². The SMILES string of the molecule is CCCCOc1ccccc1NCC(=O)Nc1cccc(OCC)c1. The minimum atomic E-state index is -0.128. The summed E-state index contributed by atoms with van der Waals surface area (Å²) >= 11 is 0. The van der Waals surface area contributed by atoms with Crippen LogP contribution in [-0.2, 0) is 4.79 Å². The largest absolute Gasteiger partial charge is 0.494 e. The molecule has 0 aromatic heterocycles. The third kappa shape index (κ3) is 6.37. The molecule has 0 saturated carbocycles. The second kappa shape index (κ2) is 10.2. The third-order valence-corrected chi connectivity index (χ3v) is 3.51. The van der Waals surface area contributed by atoms with Crippen molar-refractivity contribution in [2.45, 2.75) is 26.7 Å². The zero-order valence-electron chi connectivity index (χ0n) is 14.9. The van der Waals surface area contributed by atoms with Crippen molar-refractivity contribution in [3.63, 3.8) is 0 Å². The normalized spacial score (nSPS) is 10.2. The molecule has 2 N–H and O–H groups in total. The van der Waals surface area contributed by atoms with Gasteiger partial charge in [-0.1, -0.05) is 31.5 Å². The van der Waals surface area contributed by atoms with Crippen LogP contribution in [-0.4, -0.2) is 25.7 Å². The van der Waals surface area contributed by atoms with Gasteiger partial charge in [0.15, 0.2) is 0 Å². The summed E-state index contributed by atoms with van der Waals surface area (Å²) in [5.41, 5.74) is 1.53. The van der Waals surface area contributed by atoms with E-state index in [0.29, 0.717) is 18.9 Å². The number of rotatable bonds is 10. The van der Waals surface area contributed by atoms with Crippen LogP contribution in [0.4, 0.5) is 11.4 Å². The first-order valence-electron chi connectivity index (χ1n) is 8.71. The van der Waals surface area contributed by atoms with Crippen LogP contribution in [0.3, 0.4) is 0 Å². The highest BCUT2D eigenvalue weighted by molar-refractivity contribution is 5.94. The number of unbranched alkanes of at least 4 members (excludes halogenated alkanes) is 1. The van der Waals surface area contributed by atoms with E-state index in [1.54, 1.807) is 0 Å². The number of carbonyl (C=O) groups is 1. The molecule has 1 amide bonds. The van der Waals surface area contributed by atoms with Crippen LogP contribution in [0.25, 0.3) is 0 Å². The third-order valence-electron chi connectivity index (χ3n) is 3.51. The van der Waals surface area contributed by atoms with Gasteiger partial charge in [0.2, 0.25) is 5.91 Å². The van der Waals surface area contributed by atoms with Crippen molar-refractivity contribution >= 4 is 17.3 Å². The number of nitrogens with one attached hydrogen (secondary N) is 2. The fourth-order valence-electron chi connectivity index (χ4n) is 2.28. The van der Waals surface area contributed by atoms with Crippen molar-refractivity contribution < 1.29 is 14.3 Å². The maximum Gasteiger partial charge on any atom is 0.243 e. The highest BCUT2D eigenvalue weighted by atomic mass is 16.5. The molecular weight excluding hydrogens is 316 g/mol. The Balaban J connectivity index is 1.88. The number of ether oxygens (including phenoxy) is 2. The van der Waals surface area contributed by atoms with Crippen molar-refractivity contribution in [1.29, 1.82) is 0 Å². The fourth-order valence-corrected chi connectivity index (χ4v) is 2.28. The molecule has 0 aliphatic carbocycles. The van der Waals surface area contributed by atoms with Crippen molar-refractivity contribution in [1.82, 2.24) is 0 Å². The molecule has 0 radical (unpaired) electrons. The van der Waals surface area contributed by atoms with Gasteiger partial charge in [0, 0.05) is 11.8 Å². The van der Waals surface area contributed by atoms with Crippen LogP contribution in [0.1, 0.15) is 26.7 Å². The quantitative estimate of drug-likeness (QED) is 0.632. The Morgan fingerprint density at radius 2 is 1.88 bits per heavy atom. The van der Waals surface area contributed by atoms with Gasteiger partial charge in [0.1, 0.15) is 11.5 Å². The van der Waals surface area contributed by atoms with E-state index in [1.165, 1.54) is 0 Å². The Morgan fingerprint density at radius 1 is 1.04 bits per heavy atom. The summed E-state index contributed by atoms with van der Waals surface area (Å²) in [5.74, 6) is 1.38. The summed E-state index contributed by atoms with van der Waals surface area (Å²) in [6.45, 7) is 5.47. The Bertz CT molecular complexity index is 673. The molecule has 0 heterocycles. The molecule has 0 aliphatic rings. The van der Waals surface area contributed by atoms with E-state index >= 15 is 0 Å². The number of amides is 1. The predicted molar refractivity (Wildman–Crippen MR) is 102 cm³/mol. The first kappa shape index (κ1) is 18.6. The molecule has 0 atom stereocenters. The van der Waals surface area contributed by atoms with Gasteiger partial charge in [-0.2, -0.15) is 0 Å². The number of anilines is 2. The number of benzene rings is 2. The molecular formula is C20H26N2O3. The minimum absolute atomic E-state index is 0.128. The zero-order valence-corrected chi connectivity index (χ0v) is 14.9. The number of hydrogen-bond donors (Lipinski definition) is 2. The van der Waals surface area contributed by atoms with Gasteiger partial charge in [-0.3, -0.25) is 4.79 Å². The average molecular weight is 342 g/mol. The van der Waals surface area contributed by atoms with Crippen LogP contribution in [0, 0.1) is 0 Å². The molecule has 0 spiro atoms. The second-order valence-corrected chi connectivity index (χ2v) is 5.56.